The van der Waals surface area contributed by atoms with Gasteiger partial charge in [-0.1, -0.05) is 26.5 Å². The minimum atomic E-state index is 0.517. The highest BCUT2D eigenvalue weighted by molar-refractivity contribution is 5.29. The Hall–Kier alpha value is -1.35. The molecule has 0 atom stereocenters. The fourth-order valence-electron chi connectivity index (χ4n) is 1.33. The summed E-state index contributed by atoms with van der Waals surface area (Å²) in [7, 11) is 0. The lowest BCUT2D eigenvalue weighted by Gasteiger charge is -2.11. The lowest BCUT2D eigenvalue weighted by Crippen LogP contribution is -2.19. The third kappa shape index (κ3) is 4.45. The Balaban J connectivity index is 2.52. The predicted octanol–water partition coefficient (Wildman–Crippen LogP) is 2.39. The molecule has 0 aliphatic rings. The topological polar surface area (TPSA) is 34.1 Å². The molecule has 0 fully saturated rings. The summed E-state index contributed by atoms with van der Waals surface area (Å²) in [6, 6.07) is 1.98. The summed E-state index contributed by atoms with van der Waals surface area (Å²) >= 11 is 0. The maximum absolute atomic E-state index is 5.52. The molecule has 1 aromatic rings. The number of nitrogens with one attached hydrogen (secondary N) is 1. The average molecular weight is 220 g/mol. The maximum Gasteiger partial charge on any atom is 0.142 e. The van der Waals surface area contributed by atoms with E-state index in [0.717, 1.165) is 24.4 Å². The monoisotopic (exact) mass is 220 g/mol. The highest BCUT2D eigenvalue weighted by atomic mass is 16.5. The Morgan fingerprint density at radius 2 is 2.38 bits per heavy atom. The van der Waals surface area contributed by atoms with Crippen molar-refractivity contribution in [3.8, 4) is 5.75 Å². The molecular weight excluding hydrogens is 200 g/mol. The summed E-state index contributed by atoms with van der Waals surface area (Å²) in [5.41, 5.74) is 1.14. The molecular formula is C13H20N2O. The summed E-state index contributed by atoms with van der Waals surface area (Å²) < 4.78 is 5.52. The van der Waals surface area contributed by atoms with Crippen LogP contribution in [0.1, 0.15) is 19.4 Å². The molecule has 0 bridgehead atoms. The number of nitrogens with zero attached hydrogens (tertiary/aromatic N) is 1. The van der Waals surface area contributed by atoms with Crippen molar-refractivity contribution in [2.24, 2.45) is 5.92 Å². The Morgan fingerprint density at radius 3 is 3.06 bits per heavy atom. The van der Waals surface area contributed by atoms with Crippen molar-refractivity contribution >= 4 is 0 Å². The molecule has 0 unspecified atom stereocenters. The van der Waals surface area contributed by atoms with Gasteiger partial charge in [0.2, 0.25) is 0 Å². The second kappa shape index (κ2) is 7.01. The summed E-state index contributed by atoms with van der Waals surface area (Å²) in [6.07, 6.45) is 5.27. The van der Waals surface area contributed by atoms with E-state index in [2.05, 4.69) is 30.7 Å². The second-order valence-corrected chi connectivity index (χ2v) is 4.11. The Bertz CT molecular complexity index is 323. The minimum Gasteiger partial charge on any atom is -0.488 e. The van der Waals surface area contributed by atoms with Crippen molar-refractivity contribution in [1.82, 2.24) is 10.3 Å². The lowest BCUT2D eigenvalue weighted by atomic mass is 10.2. The SMILES string of the molecule is C=CCOc1cnccc1CNCC(C)C. The number of aromatic nitrogens is 1. The summed E-state index contributed by atoms with van der Waals surface area (Å²) in [5, 5.41) is 3.38. The van der Waals surface area contributed by atoms with Crippen molar-refractivity contribution in [1.29, 1.82) is 0 Å². The van der Waals surface area contributed by atoms with Crippen LogP contribution in [0.15, 0.2) is 31.1 Å². The summed E-state index contributed by atoms with van der Waals surface area (Å²) in [6.45, 7) is 10.3. The van der Waals surface area contributed by atoms with E-state index in [1.54, 1.807) is 18.5 Å². The standard InChI is InChI=1S/C13H20N2O/c1-4-7-16-13-10-14-6-5-12(13)9-15-8-11(2)3/h4-6,10-11,15H,1,7-9H2,2-3H3. The number of rotatable bonds is 7. The van der Waals surface area contributed by atoms with Gasteiger partial charge in [-0.25, -0.2) is 0 Å². The van der Waals surface area contributed by atoms with Crippen LogP contribution in [0.3, 0.4) is 0 Å². The quantitative estimate of drug-likeness (QED) is 0.716. The first-order valence-electron chi connectivity index (χ1n) is 5.61. The number of pyridine rings is 1. The predicted molar refractivity (Wildman–Crippen MR) is 66.5 cm³/mol. The number of hydrogen-bond acceptors (Lipinski definition) is 3. The molecule has 0 spiro atoms. The first kappa shape index (κ1) is 12.7. The van der Waals surface area contributed by atoms with Crippen molar-refractivity contribution < 1.29 is 4.74 Å². The van der Waals surface area contributed by atoms with Crippen LogP contribution in [-0.2, 0) is 6.54 Å². The molecule has 1 N–H and O–H groups in total. The molecule has 0 amide bonds. The van der Waals surface area contributed by atoms with E-state index in [1.807, 2.05) is 6.07 Å². The molecule has 1 heterocycles. The van der Waals surface area contributed by atoms with Gasteiger partial charge in [-0.2, -0.15) is 0 Å². The van der Waals surface area contributed by atoms with E-state index in [-0.39, 0.29) is 0 Å². The van der Waals surface area contributed by atoms with E-state index in [1.165, 1.54) is 0 Å². The second-order valence-electron chi connectivity index (χ2n) is 4.11. The zero-order chi connectivity index (χ0) is 11.8. The van der Waals surface area contributed by atoms with Gasteiger partial charge >= 0.3 is 0 Å². The van der Waals surface area contributed by atoms with Crippen molar-refractivity contribution in [3.63, 3.8) is 0 Å². The minimum absolute atomic E-state index is 0.517. The molecule has 88 valence electrons. The van der Waals surface area contributed by atoms with Crippen LogP contribution >= 0.6 is 0 Å². The smallest absolute Gasteiger partial charge is 0.142 e. The van der Waals surface area contributed by atoms with Gasteiger partial charge in [0.15, 0.2) is 0 Å². The Kier molecular flexibility index (Phi) is 5.57. The highest BCUT2D eigenvalue weighted by Gasteiger charge is 2.02. The van der Waals surface area contributed by atoms with Gasteiger partial charge in [0.1, 0.15) is 12.4 Å². The summed E-state index contributed by atoms with van der Waals surface area (Å²) in [4.78, 5) is 4.05. The molecule has 0 radical (unpaired) electrons. The fraction of sp³-hybridized carbons (Fsp3) is 0.462. The van der Waals surface area contributed by atoms with Gasteiger partial charge in [-0.05, 0) is 18.5 Å². The number of hydrogen-bond donors (Lipinski definition) is 1. The van der Waals surface area contributed by atoms with Gasteiger partial charge in [0, 0.05) is 18.3 Å². The van der Waals surface area contributed by atoms with Gasteiger partial charge in [-0.15, -0.1) is 0 Å². The molecule has 0 saturated carbocycles. The third-order valence-corrected chi connectivity index (χ3v) is 2.09. The molecule has 3 heteroatoms. The zero-order valence-electron chi connectivity index (χ0n) is 10.1. The highest BCUT2D eigenvalue weighted by Crippen LogP contribution is 2.16. The van der Waals surface area contributed by atoms with Gasteiger partial charge in [0.05, 0.1) is 6.20 Å². The Labute approximate surface area is 97.5 Å². The van der Waals surface area contributed by atoms with Crippen LogP contribution in [-0.4, -0.2) is 18.1 Å². The van der Waals surface area contributed by atoms with E-state index >= 15 is 0 Å². The van der Waals surface area contributed by atoms with Crippen LogP contribution in [0.4, 0.5) is 0 Å². The van der Waals surface area contributed by atoms with Crippen molar-refractivity contribution in [2.75, 3.05) is 13.2 Å². The normalized spacial score (nSPS) is 10.4. The molecule has 1 rings (SSSR count). The molecule has 3 nitrogen and oxygen atoms in total. The lowest BCUT2D eigenvalue weighted by molar-refractivity contribution is 0.355. The van der Waals surface area contributed by atoms with Crippen LogP contribution < -0.4 is 10.1 Å². The third-order valence-electron chi connectivity index (χ3n) is 2.09. The Morgan fingerprint density at radius 1 is 1.56 bits per heavy atom. The van der Waals surface area contributed by atoms with Crippen LogP contribution in [0.2, 0.25) is 0 Å². The fourth-order valence-corrected chi connectivity index (χ4v) is 1.33. The average Bonchev–Trinajstić information content (AvgIpc) is 2.27. The van der Waals surface area contributed by atoms with Crippen molar-refractivity contribution in [3.05, 3.63) is 36.7 Å². The van der Waals surface area contributed by atoms with Gasteiger partial charge in [-0.3, -0.25) is 4.98 Å². The van der Waals surface area contributed by atoms with E-state index in [0.29, 0.717) is 12.5 Å². The molecule has 0 aliphatic carbocycles. The molecule has 0 aliphatic heterocycles. The first-order chi connectivity index (χ1) is 7.74. The van der Waals surface area contributed by atoms with Crippen LogP contribution in [0.25, 0.3) is 0 Å². The molecule has 1 aromatic heterocycles. The molecule has 0 aromatic carbocycles. The van der Waals surface area contributed by atoms with Crippen LogP contribution in [0, 0.1) is 5.92 Å². The molecule has 0 saturated heterocycles. The summed E-state index contributed by atoms with van der Waals surface area (Å²) in [5.74, 6) is 1.48. The van der Waals surface area contributed by atoms with Crippen LogP contribution in [0.5, 0.6) is 5.75 Å². The molecule has 16 heavy (non-hydrogen) atoms. The van der Waals surface area contributed by atoms with Crippen molar-refractivity contribution in [2.45, 2.75) is 20.4 Å². The first-order valence-corrected chi connectivity index (χ1v) is 5.61. The van der Waals surface area contributed by atoms with Gasteiger partial charge < -0.3 is 10.1 Å². The van der Waals surface area contributed by atoms with Gasteiger partial charge in [0.25, 0.3) is 0 Å². The van der Waals surface area contributed by atoms with E-state index in [4.69, 9.17) is 4.74 Å². The van der Waals surface area contributed by atoms with E-state index < -0.39 is 0 Å². The number of ether oxygens (including phenoxy) is 1. The zero-order valence-corrected chi connectivity index (χ0v) is 10.1. The largest absolute Gasteiger partial charge is 0.488 e. The van der Waals surface area contributed by atoms with E-state index in [9.17, 15) is 0 Å². The maximum atomic E-state index is 5.52.